The predicted octanol–water partition coefficient (Wildman–Crippen LogP) is 3.25. The molecule has 1 heterocycles. The van der Waals surface area contributed by atoms with Gasteiger partial charge in [0.1, 0.15) is 0 Å². The standard InChI is InChI=1S/C12H13Br2N3/c1-15-12(11-5-6-17(2)16-11)9-7-8(13)3-4-10(9)14/h3-7,12,15H,1-2H3. The minimum absolute atomic E-state index is 0.0862. The van der Waals surface area contributed by atoms with Gasteiger partial charge in [0.15, 0.2) is 0 Å². The van der Waals surface area contributed by atoms with Crippen molar-refractivity contribution >= 4 is 31.9 Å². The third kappa shape index (κ3) is 2.78. The average molecular weight is 359 g/mol. The number of hydrogen-bond donors (Lipinski definition) is 1. The van der Waals surface area contributed by atoms with E-state index in [2.05, 4.69) is 48.3 Å². The maximum atomic E-state index is 4.45. The summed E-state index contributed by atoms with van der Waals surface area (Å²) in [4.78, 5) is 0. The minimum Gasteiger partial charge on any atom is -0.308 e. The molecule has 0 aliphatic heterocycles. The van der Waals surface area contributed by atoms with Gasteiger partial charge in [0.05, 0.1) is 11.7 Å². The lowest BCUT2D eigenvalue weighted by atomic mass is 10.0. The maximum Gasteiger partial charge on any atom is 0.0839 e. The highest BCUT2D eigenvalue weighted by Gasteiger charge is 2.17. The normalized spacial score (nSPS) is 12.7. The first-order valence-corrected chi connectivity index (χ1v) is 6.82. The minimum atomic E-state index is 0.0862. The number of rotatable bonds is 3. The van der Waals surface area contributed by atoms with Crippen molar-refractivity contribution in [1.29, 1.82) is 0 Å². The maximum absolute atomic E-state index is 4.45. The Morgan fingerprint density at radius 3 is 2.65 bits per heavy atom. The zero-order chi connectivity index (χ0) is 12.4. The molecular formula is C12H13Br2N3. The van der Waals surface area contributed by atoms with E-state index < -0.39 is 0 Å². The third-order valence-electron chi connectivity index (χ3n) is 2.59. The zero-order valence-corrected chi connectivity index (χ0v) is 12.8. The first-order chi connectivity index (χ1) is 8.11. The Labute approximate surface area is 117 Å². The Morgan fingerprint density at radius 2 is 2.06 bits per heavy atom. The summed E-state index contributed by atoms with van der Waals surface area (Å²) in [6, 6.07) is 8.25. The van der Waals surface area contributed by atoms with Crippen LogP contribution in [0.15, 0.2) is 39.4 Å². The van der Waals surface area contributed by atoms with Gasteiger partial charge in [0.2, 0.25) is 0 Å². The van der Waals surface area contributed by atoms with E-state index in [0.29, 0.717) is 0 Å². The van der Waals surface area contributed by atoms with Crippen molar-refractivity contribution in [3.05, 3.63) is 50.7 Å². The van der Waals surface area contributed by atoms with Crippen molar-refractivity contribution in [3.63, 3.8) is 0 Å². The molecular weight excluding hydrogens is 346 g/mol. The van der Waals surface area contributed by atoms with Gasteiger partial charge in [-0.3, -0.25) is 4.68 Å². The molecule has 0 amide bonds. The first-order valence-electron chi connectivity index (χ1n) is 5.23. The summed E-state index contributed by atoms with van der Waals surface area (Å²) in [6.07, 6.45) is 1.95. The number of aryl methyl sites for hydroxylation is 1. The lowest BCUT2D eigenvalue weighted by molar-refractivity contribution is 0.640. The van der Waals surface area contributed by atoms with Crippen LogP contribution in [0.1, 0.15) is 17.3 Å². The molecule has 1 aromatic carbocycles. The van der Waals surface area contributed by atoms with Gasteiger partial charge in [-0.15, -0.1) is 0 Å². The molecule has 1 N–H and O–H groups in total. The van der Waals surface area contributed by atoms with Gasteiger partial charge in [-0.05, 0) is 36.9 Å². The van der Waals surface area contributed by atoms with Crippen LogP contribution < -0.4 is 5.32 Å². The molecule has 3 nitrogen and oxygen atoms in total. The number of aromatic nitrogens is 2. The second-order valence-corrected chi connectivity index (χ2v) is 5.57. The highest BCUT2D eigenvalue weighted by atomic mass is 79.9. The highest BCUT2D eigenvalue weighted by molar-refractivity contribution is 9.11. The predicted molar refractivity (Wildman–Crippen MR) is 76.0 cm³/mol. The summed E-state index contributed by atoms with van der Waals surface area (Å²) in [5.74, 6) is 0. The van der Waals surface area contributed by atoms with Gasteiger partial charge in [-0.2, -0.15) is 5.10 Å². The van der Waals surface area contributed by atoms with E-state index in [-0.39, 0.29) is 6.04 Å². The summed E-state index contributed by atoms with van der Waals surface area (Å²) < 4.78 is 3.95. The molecule has 0 bridgehead atoms. The van der Waals surface area contributed by atoms with Crippen LogP contribution >= 0.6 is 31.9 Å². The van der Waals surface area contributed by atoms with Crippen LogP contribution in [0.2, 0.25) is 0 Å². The molecule has 17 heavy (non-hydrogen) atoms. The fourth-order valence-electron chi connectivity index (χ4n) is 1.79. The van der Waals surface area contributed by atoms with Crippen molar-refractivity contribution in [2.24, 2.45) is 7.05 Å². The quantitative estimate of drug-likeness (QED) is 0.912. The van der Waals surface area contributed by atoms with Crippen molar-refractivity contribution in [2.45, 2.75) is 6.04 Å². The Hall–Kier alpha value is -0.650. The molecule has 0 saturated heterocycles. The molecule has 2 aromatic rings. The Balaban J connectivity index is 2.45. The van der Waals surface area contributed by atoms with Crippen LogP contribution in [-0.2, 0) is 7.05 Å². The fraction of sp³-hybridized carbons (Fsp3) is 0.250. The zero-order valence-electron chi connectivity index (χ0n) is 9.61. The van der Waals surface area contributed by atoms with Crippen molar-refractivity contribution in [3.8, 4) is 0 Å². The van der Waals surface area contributed by atoms with Crippen LogP contribution in [-0.4, -0.2) is 16.8 Å². The molecule has 0 saturated carbocycles. The molecule has 5 heteroatoms. The molecule has 90 valence electrons. The van der Waals surface area contributed by atoms with Gasteiger partial charge >= 0.3 is 0 Å². The molecule has 0 aliphatic carbocycles. The van der Waals surface area contributed by atoms with E-state index >= 15 is 0 Å². The van der Waals surface area contributed by atoms with Crippen molar-refractivity contribution in [2.75, 3.05) is 7.05 Å². The van der Waals surface area contributed by atoms with Crippen LogP contribution in [0.4, 0.5) is 0 Å². The fourth-order valence-corrected chi connectivity index (χ4v) is 2.64. The van der Waals surface area contributed by atoms with Crippen LogP contribution in [0.3, 0.4) is 0 Å². The Morgan fingerprint density at radius 1 is 1.29 bits per heavy atom. The molecule has 1 atom stereocenters. The van der Waals surface area contributed by atoms with E-state index in [1.807, 2.05) is 43.2 Å². The number of halogens is 2. The van der Waals surface area contributed by atoms with E-state index in [4.69, 9.17) is 0 Å². The topological polar surface area (TPSA) is 29.9 Å². The summed E-state index contributed by atoms with van der Waals surface area (Å²) in [7, 11) is 3.86. The molecule has 0 fully saturated rings. The summed E-state index contributed by atoms with van der Waals surface area (Å²) in [5, 5.41) is 7.74. The van der Waals surface area contributed by atoms with Crippen molar-refractivity contribution < 1.29 is 0 Å². The van der Waals surface area contributed by atoms with Gasteiger partial charge in [0.25, 0.3) is 0 Å². The second kappa shape index (κ2) is 5.33. The number of nitrogens with zero attached hydrogens (tertiary/aromatic N) is 2. The highest BCUT2D eigenvalue weighted by Crippen LogP contribution is 2.30. The number of benzene rings is 1. The first kappa shape index (κ1) is 12.8. The largest absolute Gasteiger partial charge is 0.308 e. The molecule has 1 aromatic heterocycles. The van der Waals surface area contributed by atoms with E-state index in [1.165, 1.54) is 5.56 Å². The number of nitrogens with one attached hydrogen (secondary N) is 1. The average Bonchev–Trinajstić information content (AvgIpc) is 2.71. The Kier molecular flexibility index (Phi) is 4.01. The molecule has 0 aliphatic rings. The molecule has 1 unspecified atom stereocenters. The second-order valence-electron chi connectivity index (χ2n) is 3.80. The van der Waals surface area contributed by atoms with Crippen LogP contribution in [0, 0.1) is 0 Å². The molecule has 0 spiro atoms. The van der Waals surface area contributed by atoms with E-state index in [1.54, 1.807) is 0 Å². The van der Waals surface area contributed by atoms with Gasteiger partial charge in [-0.1, -0.05) is 31.9 Å². The Bertz CT molecular complexity index is 522. The van der Waals surface area contributed by atoms with Crippen LogP contribution in [0.5, 0.6) is 0 Å². The summed E-state index contributed by atoms with van der Waals surface area (Å²) in [5.41, 5.74) is 2.18. The smallest absolute Gasteiger partial charge is 0.0839 e. The van der Waals surface area contributed by atoms with Gasteiger partial charge < -0.3 is 5.32 Å². The molecule has 2 rings (SSSR count). The van der Waals surface area contributed by atoms with E-state index in [9.17, 15) is 0 Å². The van der Waals surface area contributed by atoms with Gasteiger partial charge in [-0.25, -0.2) is 0 Å². The number of hydrogen-bond acceptors (Lipinski definition) is 2. The lowest BCUT2D eigenvalue weighted by Crippen LogP contribution is -2.19. The van der Waals surface area contributed by atoms with Crippen LogP contribution in [0.25, 0.3) is 0 Å². The summed E-state index contributed by atoms with van der Waals surface area (Å²) in [6.45, 7) is 0. The SMILES string of the molecule is CNC(c1ccn(C)n1)c1cc(Br)ccc1Br. The van der Waals surface area contributed by atoms with Gasteiger partial charge in [0, 0.05) is 22.2 Å². The van der Waals surface area contributed by atoms with E-state index in [0.717, 1.165) is 14.6 Å². The lowest BCUT2D eigenvalue weighted by Gasteiger charge is -2.16. The summed E-state index contributed by atoms with van der Waals surface area (Å²) >= 11 is 7.08. The van der Waals surface area contributed by atoms with Crippen molar-refractivity contribution in [1.82, 2.24) is 15.1 Å². The third-order valence-corrected chi connectivity index (χ3v) is 3.80. The molecule has 0 radical (unpaired) electrons. The monoisotopic (exact) mass is 357 g/mol.